The Labute approximate surface area is 311 Å². The second-order valence-electron chi connectivity index (χ2n) is 13.7. The van der Waals surface area contributed by atoms with E-state index in [-0.39, 0.29) is 0 Å². The quantitative estimate of drug-likeness (QED) is 0.157. The van der Waals surface area contributed by atoms with Gasteiger partial charge in [-0.2, -0.15) is 0 Å². The summed E-state index contributed by atoms with van der Waals surface area (Å²) in [5.41, 5.74) is 13.8. The lowest BCUT2D eigenvalue weighted by Gasteiger charge is -2.26. The van der Waals surface area contributed by atoms with Crippen molar-refractivity contribution in [3.05, 3.63) is 204 Å². The SMILES string of the molecule is Cc1ccc(Sc2ccc(N(c3ccccc3)c3ccc(-n4c5c(c6cc(C7=CCCC=C7)ccc64)CC(c4ccccc4)C=C5)cc3)cc2)cc1. The van der Waals surface area contributed by atoms with Crippen LogP contribution in [-0.2, 0) is 6.42 Å². The standard InChI is InChI=1S/C49H40N2S/c1-35-17-27-44(28-18-35)52-45-29-25-42(26-30-45)50(40-15-9-4-10-16-40)41-21-23-43(24-22-41)51-48-31-19-38(36-11-5-2-6-12-36)33-46(48)47-34-39(20-32-49(47)51)37-13-7-3-8-14-37/h2,4-7,9-32,34,38H,3,8,33H2,1H3. The Morgan fingerprint density at radius 3 is 1.98 bits per heavy atom. The van der Waals surface area contributed by atoms with Crippen LogP contribution in [0, 0.1) is 6.92 Å². The van der Waals surface area contributed by atoms with E-state index >= 15 is 0 Å². The highest BCUT2D eigenvalue weighted by atomic mass is 32.2. The molecule has 0 saturated carbocycles. The van der Waals surface area contributed by atoms with Gasteiger partial charge in [-0.15, -0.1) is 0 Å². The number of aromatic nitrogens is 1. The third-order valence-corrected chi connectivity index (χ3v) is 11.3. The number of benzene rings is 6. The summed E-state index contributed by atoms with van der Waals surface area (Å²) < 4.78 is 2.46. The van der Waals surface area contributed by atoms with Crippen LogP contribution < -0.4 is 4.90 Å². The van der Waals surface area contributed by atoms with E-state index in [1.807, 2.05) is 0 Å². The van der Waals surface area contributed by atoms with Crippen molar-refractivity contribution in [2.24, 2.45) is 0 Å². The lowest BCUT2D eigenvalue weighted by atomic mass is 9.86. The maximum Gasteiger partial charge on any atom is 0.0538 e. The predicted molar refractivity (Wildman–Crippen MR) is 222 cm³/mol. The number of aryl methyl sites for hydroxylation is 1. The largest absolute Gasteiger partial charge is 0.311 e. The Morgan fingerprint density at radius 1 is 0.635 bits per heavy atom. The highest BCUT2D eigenvalue weighted by Gasteiger charge is 2.24. The number of hydrogen-bond donors (Lipinski definition) is 0. The van der Waals surface area contributed by atoms with Crippen LogP contribution in [-0.4, -0.2) is 4.57 Å². The van der Waals surface area contributed by atoms with Crippen molar-refractivity contribution >= 4 is 51.4 Å². The van der Waals surface area contributed by atoms with Crippen LogP contribution in [0.3, 0.4) is 0 Å². The van der Waals surface area contributed by atoms with Gasteiger partial charge >= 0.3 is 0 Å². The van der Waals surface area contributed by atoms with Crippen LogP contribution in [0.2, 0.25) is 0 Å². The molecule has 0 aliphatic heterocycles. The highest BCUT2D eigenvalue weighted by molar-refractivity contribution is 7.99. The Morgan fingerprint density at radius 2 is 1.29 bits per heavy atom. The maximum atomic E-state index is 2.46. The van der Waals surface area contributed by atoms with Crippen molar-refractivity contribution in [1.29, 1.82) is 0 Å². The Bertz CT molecular complexity index is 2430. The summed E-state index contributed by atoms with van der Waals surface area (Å²) in [5.74, 6) is 0.355. The van der Waals surface area contributed by atoms with Crippen molar-refractivity contribution < 1.29 is 0 Å². The Hall–Kier alpha value is -5.77. The zero-order chi connectivity index (χ0) is 34.9. The fraction of sp³-hybridized carbons (Fsp3) is 0.102. The Kier molecular flexibility index (Phi) is 8.72. The first-order valence-electron chi connectivity index (χ1n) is 18.3. The van der Waals surface area contributed by atoms with E-state index in [0.29, 0.717) is 5.92 Å². The summed E-state index contributed by atoms with van der Waals surface area (Å²) in [5, 5.41) is 1.34. The third kappa shape index (κ3) is 6.33. The number of para-hydroxylation sites is 1. The van der Waals surface area contributed by atoms with Crippen LogP contribution in [0.1, 0.15) is 46.7 Å². The van der Waals surface area contributed by atoms with Gasteiger partial charge in [-0.25, -0.2) is 0 Å². The third-order valence-electron chi connectivity index (χ3n) is 10.3. The molecule has 0 fully saturated rings. The second-order valence-corrected chi connectivity index (χ2v) is 14.9. The number of hydrogen-bond acceptors (Lipinski definition) is 2. The van der Waals surface area contributed by atoms with Gasteiger partial charge in [0.25, 0.3) is 0 Å². The minimum absolute atomic E-state index is 0.355. The number of anilines is 3. The lowest BCUT2D eigenvalue weighted by molar-refractivity contribution is 0.825. The topological polar surface area (TPSA) is 8.17 Å². The van der Waals surface area contributed by atoms with Crippen molar-refractivity contribution in [3.63, 3.8) is 0 Å². The molecule has 0 N–H and O–H groups in total. The van der Waals surface area contributed by atoms with Crippen LogP contribution in [0.15, 0.2) is 186 Å². The summed E-state index contributed by atoms with van der Waals surface area (Å²) in [7, 11) is 0. The van der Waals surface area contributed by atoms with Gasteiger partial charge < -0.3 is 9.47 Å². The van der Waals surface area contributed by atoms with E-state index in [2.05, 4.69) is 198 Å². The average molecular weight is 689 g/mol. The molecule has 9 rings (SSSR count). The van der Waals surface area contributed by atoms with Gasteiger partial charge in [0.2, 0.25) is 0 Å². The molecule has 2 aliphatic carbocycles. The summed E-state index contributed by atoms with van der Waals surface area (Å²) in [6.07, 6.45) is 14.9. The highest BCUT2D eigenvalue weighted by Crippen LogP contribution is 2.41. The first-order valence-corrected chi connectivity index (χ1v) is 19.1. The molecular weight excluding hydrogens is 649 g/mol. The van der Waals surface area contributed by atoms with E-state index < -0.39 is 0 Å². The first-order chi connectivity index (χ1) is 25.7. The van der Waals surface area contributed by atoms with Crippen molar-refractivity contribution in [1.82, 2.24) is 4.57 Å². The molecule has 1 heterocycles. The molecule has 7 aromatic rings. The van der Waals surface area contributed by atoms with E-state index in [1.54, 1.807) is 11.8 Å². The molecule has 52 heavy (non-hydrogen) atoms. The molecule has 3 heteroatoms. The predicted octanol–water partition coefficient (Wildman–Crippen LogP) is 13.6. The van der Waals surface area contributed by atoms with Gasteiger partial charge in [0.1, 0.15) is 0 Å². The van der Waals surface area contributed by atoms with E-state index in [0.717, 1.165) is 36.3 Å². The van der Waals surface area contributed by atoms with E-state index in [9.17, 15) is 0 Å². The number of fused-ring (bicyclic) bond motifs is 3. The molecule has 0 radical (unpaired) electrons. The average Bonchev–Trinajstić information content (AvgIpc) is 3.54. The molecule has 0 spiro atoms. The molecular formula is C49H40N2S. The second kappa shape index (κ2) is 14.1. The van der Waals surface area contributed by atoms with Gasteiger partial charge in [0.05, 0.1) is 5.52 Å². The summed E-state index contributed by atoms with van der Waals surface area (Å²) in [4.78, 5) is 4.81. The summed E-state index contributed by atoms with van der Waals surface area (Å²) >= 11 is 1.80. The number of allylic oxidation sites excluding steroid dienone is 5. The van der Waals surface area contributed by atoms with Gasteiger partial charge in [-0.3, -0.25) is 0 Å². The van der Waals surface area contributed by atoms with Crippen LogP contribution in [0.5, 0.6) is 0 Å². The molecule has 2 aliphatic rings. The van der Waals surface area contributed by atoms with Crippen molar-refractivity contribution in [2.45, 2.75) is 41.9 Å². The summed E-state index contributed by atoms with van der Waals surface area (Å²) in [6.45, 7) is 2.13. The normalized spacial score (nSPS) is 15.0. The molecule has 2 nitrogen and oxygen atoms in total. The van der Waals surface area contributed by atoms with E-state index in [1.165, 1.54) is 59.9 Å². The number of nitrogens with zero attached hydrogens (tertiary/aromatic N) is 2. The minimum atomic E-state index is 0.355. The zero-order valence-corrected chi connectivity index (χ0v) is 30.1. The zero-order valence-electron chi connectivity index (χ0n) is 29.3. The number of rotatable bonds is 8. The lowest BCUT2D eigenvalue weighted by Crippen LogP contribution is -2.10. The van der Waals surface area contributed by atoms with Crippen molar-refractivity contribution in [3.8, 4) is 5.69 Å². The fourth-order valence-electron chi connectivity index (χ4n) is 7.66. The fourth-order valence-corrected chi connectivity index (χ4v) is 8.47. The molecule has 252 valence electrons. The molecule has 1 atom stereocenters. The van der Waals surface area contributed by atoms with Gasteiger partial charge in [-0.1, -0.05) is 108 Å². The van der Waals surface area contributed by atoms with Crippen LogP contribution in [0.4, 0.5) is 17.1 Å². The first kappa shape index (κ1) is 32.2. The smallest absolute Gasteiger partial charge is 0.0538 e. The van der Waals surface area contributed by atoms with Crippen molar-refractivity contribution in [2.75, 3.05) is 4.90 Å². The molecule has 1 aromatic heterocycles. The molecule has 1 unspecified atom stereocenters. The monoisotopic (exact) mass is 688 g/mol. The molecule has 0 bridgehead atoms. The minimum Gasteiger partial charge on any atom is -0.311 e. The van der Waals surface area contributed by atoms with Crippen LogP contribution >= 0.6 is 11.8 Å². The molecule has 0 amide bonds. The van der Waals surface area contributed by atoms with Crippen LogP contribution in [0.25, 0.3) is 28.2 Å². The van der Waals surface area contributed by atoms with Gasteiger partial charge in [0, 0.05) is 49.5 Å². The summed E-state index contributed by atoms with van der Waals surface area (Å²) in [6, 6.07) is 55.4. The molecule has 0 saturated heterocycles. The van der Waals surface area contributed by atoms with E-state index in [4.69, 9.17) is 0 Å². The maximum absolute atomic E-state index is 2.46. The van der Waals surface area contributed by atoms with Gasteiger partial charge in [-0.05, 0) is 139 Å². The molecule has 6 aromatic carbocycles. The Balaban J connectivity index is 1.09. The van der Waals surface area contributed by atoms with Gasteiger partial charge in [0.15, 0.2) is 0 Å².